The van der Waals surface area contributed by atoms with E-state index in [0.717, 1.165) is 18.4 Å². The highest BCUT2D eigenvalue weighted by atomic mass is 16.5. The number of nitrogens with one attached hydrogen (secondary N) is 1. The molecule has 198 valence electrons. The molecule has 0 aliphatic heterocycles. The van der Waals surface area contributed by atoms with Gasteiger partial charge in [-0.05, 0) is 43.2 Å². The van der Waals surface area contributed by atoms with E-state index in [2.05, 4.69) is 5.32 Å². The molecule has 0 heterocycles. The van der Waals surface area contributed by atoms with Crippen LogP contribution in [0.1, 0.15) is 42.4 Å². The van der Waals surface area contributed by atoms with Crippen molar-refractivity contribution in [1.82, 2.24) is 5.32 Å². The fourth-order valence-corrected chi connectivity index (χ4v) is 6.39. The van der Waals surface area contributed by atoms with Crippen LogP contribution in [-0.2, 0) is 27.3 Å². The molecule has 1 unspecified atom stereocenters. The number of methoxy groups -OCH3 is 1. The van der Waals surface area contributed by atoms with Crippen LogP contribution in [0.25, 0.3) is 16.5 Å². The molecule has 2 saturated carbocycles. The van der Waals surface area contributed by atoms with Gasteiger partial charge in [0, 0.05) is 46.8 Å². The molecule has 2 aromatic rings. The highest BCUT2D eigenvalue weighted by molar-refractivity contribution is 6.23. The van der Waals surface area contributed by atoms with E-state index >= 15 is 0 Å². The van der Waals surface area contributed by atoms with E-state index < -0.39 is 52.0 Å². The molecule has 0 aromatic heterocycles. The maximum atomic E-state index is 13.7. The second-order valence-electron chi connectivity index (χ2n) is 10.7. The third kappa shape index (κ3) is 3.30. The Hall–Kier alpha value is -3.89. The van der Waals surface area contributed by atoms with Gasteiger partial charge in [-0.1, -0.05) is 12.1 Å². The van der Waals surface area contributed by atoms with Crippen molar-refractivity contribution in [3.63, 3.8) is 0 Å². The molecule has 0 radical (unpaired) electrons. The molecule has 1 amide bonds. The van der Waals surface area contributed by atoms with E-state index in [1.54, 1.807) is 6.07 Å². The van der Waals surface area contributed by atoms with Gasteiger partial charge in [0.2, 0.25) is 5.78 Å². The Labute approximate surface area is 217 Å². The number of primary amides is 1. The number of phenols is 1. The first-order chi connectivity index (χ1) is 18.1. The van der Waals surface area contributed by atoms with Crippen molar-refractivity contribution in [3.05, 3.63) is 51.8 Å². The Morgan fingerprint density at radius 3 is 2.55 bits per heavy atom. The molecule has 0 bridgehead atoms. The summed E-state index contributed by atoms with van der Waals surface area (Å²) in [5, 5.41) is 49.4. The quantitative estimate of drug-likeness (QED) is 0.321. The topological polar surface area (TPSA) is 179 Å². The Morgan fingerprint density at radius 1 is 1.16 bits per heavy atom. The number of aromatic hydroxyl groups is 1. The third-order valence-electron chi connectivity index (χ3n) is 8.43. The monoisotopic (exact) mass is 520 g/mol. The molecule has 2 aromatic carbocycles. The zero-order valence-corrected chi connectivity index (χ0v) is 20.7. The Kier molecular flexibility index (Phi) is 5.34. The van der Waals surface area contributed by atoms with Gasteiger partial charge in [0.05, 0.1) is 12.7 Å². The van der Waals surface area contributed by atoms with Crippen molar-refractivity contribution in [2.75, 3.05) is 7.11 Å². The number of benzene rings is 2. The number of carbonyl (C=O) groups excluding carboxylic acids is 3. The lowest BCUT2D eigenvalue weighted by atomic mass is 9.59. The van der Waals surface area contributed by atoms with E-state index in [0.29, 0.717) is 34.7 Å². The SMILES string of the molecule is COc1c2c(c(O)c3cc(CNC4CC4)ccc13)C(O)=C1C(=O)[C@]3(O)C(O)=C(C(N)=O)C(=O)C[C@@H]3CC1C2. The number of aliphatic hydroxyl groups is 3. The summed E-state index contributed by atoms with van der Waals surface area (Å²) in [5.74, 6) is -6.06. The van der Waals surface area contributed by atoms with Crippen LogP contribution in [-0.4, -0.2) is 56.7 Å². The maximum absolute atomic E-state index is 13.7. The van der Waals surface area contributed by atoms with Gasteiger partial charge in [0.1, 0.15) is 28.6 Å². The summed E-state index contributed by atoms with van der Waals surface area (Å²) in [6.07, 6.45) is 2.15. The lowest BCUT2D eigenvalue weighted by molar-refractivity contribution is -0.147. The minimum Gasteiger partial charge on any atom is -0.508 e. The Morgan fingerprint density at radius 2 is 1.89 bits per heavy atom. The molecule has 6 rings (SSSR count). The van der Waals surface area contributed by atoms with Crippen LogP contribution >= 0.6 is 0 Å². The summed E-state index contributed by atoms with van der Waals surface area (Å²) in [6.45, 7) is 0.605. The molecule has 38 heavy (non-hydrogen) atoms. The van der Waals surface area contributed by atoms with Crippen LogP contribution in [0.5, 0.6) is 11.5 Å². The molecule has 0 saturated heterocycles. The van der Waals surface area contributed by atoms with Crippen molar-refractivity contribution >= 4 is 34.0 Å². The second kappa shape index (κ2) is 8.31. The predicted octanol–water partition coefficient (Wildman–Crippen LogP) is 1.84. The third-order valence-corrected chi connectivity index (χ3v) is 8.43. The van der Waals surface area contributed by atoms with Crippen LogP contribution in [0.15, 0.2) is 35.1 Å². The largest absolute Gasteiger partial charge is 0.508 e. The van der Waals surface area contributed by atoms with Gasteiger partial charge in [-0.2, -0.15) is 0 Å². The number of hydrogen-bond donors (Lipinski definition) is 6. The summed E-state index contributed by atoms with van der Waals surface area (Å²) in [4.78, 5) is 38.0. The van der Waals surface area contributed by atoms with E-state index in [9.17, 15) is 34.8 Å². The highest BCUT2D eigenvalue weighted by Crippen LogP contribution is 2.54. The smallest absolute Gasteiger partial charge is 0.255 e. The highest BCUT2D eigenvalue weighted by Gasteiger charge is 2.60. The summed E-state index contributed by atoms with van der Waals surface area (Å²) >= 11 is 0. The standard InChI is InChI=1S/C28H28N2O8/c1-38-24-15-5-2-11(10-30-14-3-4-14)6-16(15)22(32)20-17(24)8-12-7-13-9-18(31)21(27(29)36)26(35)28(13,37)25(34)19(12)23(20)33/h2,5-6,12-14,30,32-33,35,37H,3-4,7-10H2,1H3,(H2,29,36)/t12?,13-,28-/m0/s1. The average molecular weight is 521 g/mol. The van der Waals surface area contributed by atoms with E-state index in [4.69, 9.17) is 10.5 Å². The predicted molar refractivity (Wildman–Crippen MR) is 135 cm³/mol. The van der Waals surface area contributed by atoms with Crippen molar-refractivity contribution in [2.45, 2.75) is 50.3 Å². The summed E-state index contributed by atoms with van der Waals surface area (Å²) in [7, 11) is 1.49. The molecule has 4 aliphatic rings. The molecular formula is C28H28N2O8. The van der Waals surface area contributed by atoms with Gasteiger partial charge in [0.25, 0.3) is 5.91 Å². The first-order valence-corrected chi connectivity index (χ1v) is 12.6. The number of aliphatic hydroxyl groups excluding tert-OH is 2. The number of Topliss-reactive ketones (excluding diaryl/α,β-unsaturated/α-hetero) is 2. The minimum atomic E-state index is -2.59. The second-order valence-corrected chi connectivity index (χ2v) is 10.7. The van der Waals surface area contributed by atoms with Crippen LogP contribution in [0.2, 0.25) is 0 Å². The van der Waals surface area contributed by atoms with Gasteiger partial charge in [-0.3, -0.25) is 14.4 Å². The number of amides is 1. The van der Waals surface area contributed by atoms with Crippen molar-refractivity contribution < 1.29 is 39.5 Å². The Balaban J connectivity index is 1.52. The van der Waals surface area contributed by atoms with Gasteiger partial charge >= 0.3 is 0 Å². The molecule has 0 spiro atoms. The molecule has 7 N–H and O–H groups in total. The molecule has 3 atom stereocenters. The number of carbonyl (C=O) groups is 3. The van der Waals surface area contributed by atoms with Crippen LogP contribution in [0, 0.1) is 11.8 Å². The lowest BCUT2D eigenvalue weighted by Gasteiger charge is -2.46. The van der Waals surface area contributed by atoms with Crippen LogP contribution in [0.4, 0.5) is 0 Å². The molecule has 2 fully saturated rings. The van der Waals surface area contributed by atoms with E-state index in [1.165, 1.54) is 7.11 Å². The Bertz CT molecular complexity index is 1520. The van der Waals surface area contributed by atoms with Gasteiger partial charge in [-0.25, -0.2) is 0 Å². The molecule has 4 aliphatic carbocycles. The summed E-state index contributed by atoms with van der Waals surface area (Å²) in [6, 6.07) is 6.09. The number of ether oxygens (including phenoxy) is 1. The number of rotatable bonds is 5. The average Bonchev–Trinajstić information content (AvgIpc) is 3.70. The minimum absolute atomic E-state index is 0.0220. The number of fused-ring (bicyclic) bond motifs is 4. The van der Waals surface area contributed by atoms with Crippen molar-refractivity contribution in [1.29, 1.82) is 0 Å². The lowest BCUT2D eigenvalue weighted by Crippen LogP contribution is -2.58. The molecule has 10 nitrogen and oxygen atoms in total. The van der Waals surface area contributed by atoms with E-state index in [1.807, 2.05) is 12.1 Å². The van der Waals surface area contributed by atoms with Crippen molar-refractivity contribution in [3.8, 4) is 11.5 Å². The fourth-order valence-electron chi connectivity index (χ4n) is 6.39. The summed E-state index contributed by atoms with van der Waals surface area (Å²) in [5.41, 5.74) is 3.12. The molecule has 10 heteroatoms. The summed E-state index contributed by atoms with van der Waals surface area (Å²) < 4.78 is 5.74. The number of nitrogens with two attached hydrogens (primary N) is 1. The number of hydrogen-bond acceptors (Lipinski definition) is 9. The fraction of sp³-hybridized carbons (Fsp3) is 0.393. The molecular weight excluding hydrogens is 492 g/mol. The van der Waals surface area contributed by atoms with Crippen LogP contribution in [0.3, 0.4) is 0 Å². The van der Waals surface area contributed by atoms with Gasteiger partial charge in [-0.15, -0.1) is 0 Å². The number of ketones is 2. The normalized spacial score (nSPS) is 26.8. The van der Waals surface area contributed by atoms with Crippen molar-refractivity contribution in [2.24, 2.45) is 17.6 Å². The van der Waals surface area contributed by atoms with E-state index in [-0.39, 0.29) is 36.1 Å². The van der Waals surface area contributed by atoms with Crippen LogP contribution < -0.4 is 15.8 Å². The van der Waals surface area contributed by atoms with Gasteiger partial charge < -0.3 is 36.2 Å². The zero-order valence-electron chi connectivity index (χ0n) is 20.7. The first-order valence-electron chi connectivity index (χ1n) is 12.6. The van der Waals surface area contributed by atoms with Gasteiger partial charge in [0.15, 0.2) is 11.4 Å². The number of phenolic OH excluding ortho intramolecular Hbond substituents is 1. The zero-order chi connectivity index (χ0) is 27.1. The maximum Gasteiger partial charge on any atom is 0.255 e. The first kappa shape index (κ1) is 24.4.